The van der Waals surface area contributed by atoms with Gasteiger partial charge in [0.15, 0.2) is 0 Å². The van der Waals surface area contributed by atoms with Gasteiger partial charge >= 0.3 is 12.1 Å². The maximum atomic E-state index is 13.2. The van der Waals surface area contributed by atoms with Gasteiger partial charge in [0, 0.05) is 14.1 Å². The largest absolute Gasteiger partial charge is 0.464 e. The second-order valence-electron chi connectivity index (χ2n) is 8.76. The number of hydrogen-bond acceptors (Lipinski definition) is 5. The molecule has 0 spiro atoms. The zero-order valence-electron chi connectivity index (χ0n) is 19.9. The molecule has 170 valence electrons. The Labute approximate surface area is 177 Å². The molecule has 0 aliphatic heterocycles. The van der Waals surface area contributed by atoms with Crippen LogP contribution in [-0.2, 0) is 19.1 Å². The van der Waals surface area contributed by atoms with Gasteiger partial charge in [0.05, 0.1) is 13.2 Å². The van der Waals surface area contributed by atoms with Crippen LogP contribution in [0.4, 0.5) is 4.79 Å². The molecule has 2 atom stereocenters. The van der Waals surface area contributed by atoms with E-state index < -0.39 is 24.1 Å². The van der Waals surface area contributed by atoms with E-state index in [4.69, 9.17) is 9.47 Å². The molecule has 0 saturated carbocycles. The fraction of sp³-hybridized carbons (Fsp3) is 0.864. The lowest BCUT2D eigenvalue weighted by Crippen LogP contribution is -2.56. The molecule has 0 aromatic carbocycles. The summed E-state index contributed by atoms with van der Waals surface area (Å²) < 4.78 is 10.6. The molecule has 0 fully saturated rings. The lowest BCUT2D eigenvalue weighted by molar-refractivity contribution is -0.158. The van der Waals surface area contributed by atoms with Gasteiger partial charge in [0.1, 0.15) is 12.1 Å². The monoisotopic (exact) mass is 414 g/mol. The van der Waals surface area contributed by atoms with Gasteiger partial charge in [0.2, 0.25) is 5.91 Å². The number of rotatable bonds is 12. The summed E-state index contributed by atoms with van der Waals surface area (Å²) in [6.45, 7) is 14.3. The highest BCUT2D eigenvalue weighted by atomic mass is 16.6. The molecule has 2 unspecified atom stereocenters. The molecule has 2 amide bonds. The molecule has 0 radical (unpaired) electrons. The Morgan fingerprint density at radius 2 is 1.34 bits per heavy atom. The van der Waals surface area contributed by atoms with Crippen molar-refractivity contribution in [2.24, 2.45) is 17.8 Å². The molecule has 0 N–H and O–H groups in total. The van der Waals surface area contributed by atoms with Crippen LogP contribution in [0.2, 0.25) is 0 Å². The molecule has 0 aromatic rings. The Kier molecular flexibility index (Phi) is 12.6. The predicted molar refractivity (Wildman–Crippen MR) is 114 cm³/mol. The van der Waals surface area contributed by atoms with Crippen molar-refractivity contribution >= 4 is 18.0 Å². The SMILES string of the molecule is CCCOC(=O)N(C)C(C(=O)N(C)C(C(=O)OCCCC(C)C)C(C)C)C(C)C. The molecule has 0 rings (SSSR count). The summed E-state index contributed by atoms with van der Waals surface area (Å²) in [5.41, 5.74) is 0. The van der Waals surface area contributed by atoms with Crippen LogP contribution < -0.4 is 0 Å². The van der Waals surface area contributed by atoms with E-state index in [1.165, 1.54) is 9.80 Å². The molecular weight excluding hydrogens is 372 g/mol. The van der Waals surface area contributed by atoms with E-state index in [9.17, 15) is 14.4 Å². The Bertz CT molecular complexity index is 519. The fourth-order valence-corrected chi connectivity index (χ4v) is 3.28. The Hall–Kier alpha value is -1.79. The number of nitrogens with zero attached hydrogens (tertiary/aromatic N) is 2. The van der Waals surface area contributed by atoms with Crippen molar-refractivity contribution in [3.05, 3.63) is 0 Å². The first-order chi connectivity index (χ1) is 13.4. The van der Waals surface area contributed by atoms with Gasteiger partial charge < -0.3 is 14.4 Å². The first kappa shape index (κ1) is 27.2. The lowest BCUT2D eigenvalue weighted by atomic mass is 9.98. The van der Waals surface area contributed by atoms with Gasteiger partial charge in [-0.25, -0.2) is 9.59 Å². The summed E-state index contributed by atoms with van der Waals surface area (Å²) >= 11 is 0. The highest BCUT2D eigenvalue weighted by Crippen LogP contribution is 2.19. The van der Waals surface area contributed by atoms with Gasteiger partial charge in [-0.15, -0.1) is 0 Å². The molecule has 0 aliphatic rings. The van der Waals surface area contributed by atoms with E-state index in [0.29, 0.717) is 25.6 Å². The Morgan fingerprint density at radius 1 is 0.793 bits per heavy atom. The Morgan fingerprint density at radius 3 is 1.79 bits per heavy atom. The van der Waals surface area contributed by atoms with Crippen molar-refractivity contribution in [1.29, 1.82) is 0 Å². The molecule has 0 aliphatic carbocycles. The summed E-state index contributed by atoms with van der Waals surface area (Å²) in [4.78, 5) is 41.0. The first-order valence-electron chi connectivity index (χ1n) is 10.8. The van der Waals surface area contributed by atoms with E-state index in [1.807, 2.05) is 34.6 Å². The van der Waals surface area contributed by atoms with E-state index >= 15 is 0 Å². The standard InChI is InChI=1S/C22H42N2O5/c1-10-13-29-22(27)24(9)18(16(4)5)20(25)23(8)19(17(6)7)21(26)28-14-11-12-15(2)3/h15-19H,10-14H2,1-9H3. The zero-order valence-corrected chi connectivity index (χ0v) is 19.9. The quantitative estimate of drug-likeness (QED) is 0.357. The molecule has 7 heteroatoms. The second kappa shape index (κ2) is 13.4. The van der Waals surface area contributed by atoms with E-state index in [0.717, 1.165) is 12.8 Å². The minimum absolute atomic E-state index is 0.119. The topological polar surface area (TPSA) is 76.2 Å². The average molecular weight is 415 g/mol. The van der Waals surface area contributed by atoms with Crippen LogP contribution in [0.25, 0.3) is 0 Å². The maximum absolute atomic E-state index is 13.2. The van der Waals surface area contributed by atoms with Crippen LogP contribution in [-0.4, -0.2) is 67.2 Å². The van der Waals surface area contributed by atoms with Gasteiger partial charge in [0.25, 0.3) is 0 Å². The van der Waals surface area contributed by atoms with E-state index in [2.05, 4.69) is 13.8 Å². The highest BCUT2D eigenvalue weighted by Gasteiger charge is 2.38. The molecule has 7 nitrogen and oxygen atoms in total. The van der Waals surface area contributed by atoms with Crippen molar-refractivity contribution in [3.63, 3.8) is 0 Å². The summed E-state index contributed by atoms with van der Waals surface area (Å²) in [7, 11) is 3.16. The van der Waals surface area contributed by atoms with Gasteiger partial charge in [-0.3, -0.25) is 9.69 Å². The van der Waals surface area contributed by atoms with Crippen LogP contribution in [0.3, 0.4) is 0 Å². The van der Waals surface area contributed by atoms with Crippen LogP contribution in [0.1, 0.15) is 67.7 Å². The fourth-order valence-electron chi connectivity index (χ4n) is 3.28. The summed E-state index contributed by atoms with van der Waals surface area (Å²) in [5.74, 6) is -0.411. The molecule has 0 saturated heterocycles. The Balaban J connectivity index is 5.28. The summed E-state index contributed by atoms with van der Waals surface area (Å²) in [5, 5.41) is 0. The van der Waals surface area contributed by atoms with Crippen molar-refractivity contribution < 1.29 is 23.9 Å². The summed E-state index contributed by atoms with van der Waals surface area (Å²) in [6.07, 6.45) is 1.95. The van der Waals surface area contributed by atoms with Crippen molar-refractivity contribution in [2.75, 3.05) is 27.3 Å². The first-order valence-corrected chi connectivity index (χ1v) is 10.8. The van der Waals surface area contributed by atoms with Crippen molar-refractivity contribution in [3.8, 4) is 0 Å². The number of carbonyl (C=O) groups is 3. The van der Waals surface area contributed by atoms with Crippen LogP contribution in [0, 0.1) is 17.8 Å². The third-order valence-corrected chi connectivity index (χ3v) is 4.83. The van der Waals surface area contributed by atoms with Crippen LogP contribution >= 0.6 is 0 Å². The second-order valence-corrected chi connectivity index (χ2v) is 8.76. The smallest absolute Gasteiger partial charge is 0.410 e. The van der Waals surface area contributed by atoms with Crippen LogP contribution in [0.15, 0.2) is 0 Å². The van der Waals surface area contributed by atoms with Gasteiger partial charge in [-0.05, 0) is 37.0 Å². The lowest BCUT2D eigenvalue weighted by Gasteiger charge is -2.36. The van der Waals surface area contributed by atoms with Gasteiger partial charge in [-0.1, -0.05) is 48.5 Å². The molecule has 0 aromatic heterocycles. The molecular formula is C22H42N2O5. The van der Waals surface area contributed by atoms with E-state index in [1.54, 1.807) is 14.1 Å². The average Bonchev–Trinajstić information content (AvgIpc) is 2.62. The number of likely N-dealkylation sites (N-methyl/N-ethyl adjacent to an activating group) is 2. The normalized spacial score (nSPS) is 13.4. The number of ether oxygens (including phenoxy) is 2. The maximum Gasteiger partial charge on any atom is 0.410 e. The number of hydrogen-bond donors (Lipinski definition) is 0. The van der Waals surface area contributed by atoms with Crippen molar-refractivity contribution in [2.45, 2.75) is 79.8 Å². The minimum atomic E-state index is -0.723. The molecule has 0 bridgehead atoms. The minimum Gasteiger partial charge on any atom is -0.464 e. The van der Waals surface area contributed by atoms with Gasteiger partial charge in [-0.2, -0.15) is 0 Å². The zero-order chi connectivity index (χ0) is 22.7. The predicted octanol–water partition coefficient (Wildman–Crippen LogP) is 3.95. The third-order valence-electron chi connectivity index (χ3n) is 4.83. The number of esters is 1. The molecule has 29 heavy (non-hydrogen) atoms. The third kappa shape index (κ3) is 9.05. The van der Waals surface area contributed by atoms with Crippen LogP contribution in [0.5, 0.6) is 0 Å². The highest BCUT2D eigenvalue weighted by molar-refractivity contribution is 5.89. The summed E-state index contributed by atoms with van der Waals surface area (Å²) in [6, 6.07) is -1.43. The number of carbonyl (C=O) groups excluding carboxylic acids is 3. The number of amides is 2. The van der Waals surface area contributed by atoms with E-state index in [-0.39, 0.29) is 17.7 Å². The molecule has 0 heterocycles. The van der Waals surface area contributed by atoms with Crippen molar-refractivity contribution in [1.82, 2.24) is 9.80 Å².